The van der Waals surface area contributed by atoms with Crippen LogP contribution in [0.3, 0.4) is 0 Å². The maximum atomic E-state index is 13.2. The van der Waals surface area contributed by atoms with Crippen molar-refractivity contribution in [2.75, 3.05) is 18.5 Å². The van der Waals surface area contributed by atoms with E-state index in [0.717, 1.165) is 16.4 Å². The van der Waals surface area contributed by atoms with E-state index in [4.69, 9.17) is 0 Å². The summed E-state index contributed by atoms with van der Waals surface area (Å²) >= 11 is 0. The number of hydrogen-bond donors (Lipinski definition) is 0. The van der Waals surface area contributed by atoms with Gasteiger partial charge in [-0.05, 0) is 42.8 Å². The molecule has 0 unspecified atom stereocenters. The van der Waals surface area contributed by atoms with Gasteiger partial charge in [-0.1, -0.05) is 12.1 Å². The smallest absolute Gasteiger partial charge is 0.340 e. The Kier molecular flexibility index (Phi) is 4.70. The van der Waals surface area contributed by atoms with E-state index in [1.807, 2.05) is 0 Å². The van der Waals surface area contributed by atoms with Crippen molar-refractivity contribution in [1.82, 2.24) is 0 Å². The van der Waals surface area contributed by atoms with Gasteiger partial charge in [0.05, 0.1) is 23.3 Å². The summed E-state index contributed by atoms with van der Waals surface area (Å²) in [4.78, 5) is 11.8. The lowest BCUT2D eigenvalue weighted by atomic mass is 10.2. The highest BCUT2D eigenvalue weighted by Crippen LogP contribution is 2.27. The molecule has 23 heavy (non-hydrogen) atoms. The van der Waals surface area contributed by atoms with Gasteiger partial charge >= 0.3 is 5.97 Å². The van der Waals surface area contributed by atoms with Crippen molar-refractivity contribution in [3.05, 3.63) is 59.4 Å². The molecule has 0 saturated carbocycles. The Balaban J connectivity index is 2.56. The van der Waals surface area contributed by atoms with Gasteiger partial charge in [0, 0.05) is 7.05 Å². The van der Waals surface area contributed by atoms with Crippen LogP contribution in [-0.4, -0.2) is 28.5 Å². The highest BCUT2D eigenvalue weighted by atomic mass is 32.2. The van der Waals surface area contributed by atoms with Gasteiger partial charge < -0.3 is 4.74 Å². The topological polar surface area (TPSA) is 63.7 Å². The SMILES string of the molecule is COC(=O)c1ccccc1N(C)S(=O)(=O)c1ccc(F)cc1C. The Hall–Kier alpha value is -2.41. The van der Waals surface area contributed by atoms with Crippen molar-refractivity contribution < 1.29 is 22.3 Å². The van der Waals surface area contributed by atoms with Crippen molar-refractivity contribution in [3.63, 3.8) is 0 Å². The molecule has 2 aromatic rings. The van der Waals surface area contributed by atoms with Gasteiger partial charge in [0.2, 0.25) is 0 Å². The number of para-hydroxylation sites is 1. The van der Waals surface area contributed by atoms with Crippen LogP contribution in [-0.2, 0) is 14.8 Å². The molecule has 0 aliphatic heterocycles. The minimum absolute atomic E-state index is 0.0268. The summed E-state index contributed by atoms with van der Waals surface area (Å²) in [7, 11) is -1.39. The molecule has 0 amide bonds. The first-order valence-corrected chi connectivity index (χ1v) is 8.15. The molecule has 0 aromatic heterocycles. The van der Waals surface area contributed by atoms with Crippen LogP contribution in [0.1, 0.15) is 15.9 Å². The maximum Gasteiger partial charge on any atom is 0.340 e. The summed E-state index contributed by atoms with van der Waals surface area (Å²) in [6.45, 7) is 1.51. The lowest BCUT2D eigenvalue weighted by Gasteiger charge is -2.22. The fraction of sp³-hybridized carbons (Fsp3) is 0.188. The molecule has 0 aliphatic carbocycles. The Morgan fingerprint density at radius 2 is 1.83 bits per heavy atom. The molecule has 0 atom stereocenters. The van der Waals surface area contributed by atoms with Crippen LogP contribution in [0.4, 0.5) is 10.1 Å². The molecule has 0 bridgehead atoms. The van der Waals surface area contributed by atoms with Crippen LogP contribution in [0, 0.1) is 12.7 Å². The fourth-order valence-corrected chi connectivity index (χ4v) is 3.63. The van der Waals surface area contributed by atoms with E-state index < -0.39 is 21.8 Å². The predicted octanol–water partition coefficient (Wildman–Crippen LogP) is 2.75. The van der Waals surface area contributed by atoms with E-state index in [1.54, 1.807) is 12.1 Å². The van der Waals surface area contributed by atoms with Gasteiger partial charge in [-0.25, -0.2) is 17.6 Å². The third kappa shape index (κ3) is 3.19. The summed E-state index contributed by atoms with van der Waals surface area (Å²) in [6.07, 6.45) is 0. The molecule has 5 nitrogen and oxygen atoms in total. The Morgan fingerprint density at radius 1 is 1.17 bits per heavy atom. The van der Waals surface area contributed by atoms with Gasteiger partial charge in [-0.2, -0.15) is 0 Å². The van der Waals surface area contributed by atoms with Crippen molar-refractivity contribution in [1.29, 1.82) is 0 Å². The molecule has 2 aromatic carbocycles. The summed E-state index contributed by atoms with van der Waals surface area (Å²) in [5, 5.41) is 0. The first-order chi connectivity index (χ1) is 10.8. The van der Waals surface area contributed by atoms with E-state index in [0.29, 0.717) is 0 Å². The van der Waals surface area contributed by atoms with Crippen molar-refractivity contribution in [2.45, 2.75) is 11.8 Å². The second-order valence-corrected chi connectivity index (χ2v) is 6.83. The molecule has 0 aliphatic rings. The molecule has 0 heterocycles. The van der Waals surface area contributed by atoms with E-state index in [9.17, 15) is 17.6 Å². The number of hydrogen-bond acceptors (Lipinski definition) is 4. The standard InChI is InChI=1S/C16H16FNO4S/c1-11-10-12(17)8-9-15(11)23(20,21)18(2)14-7-5-4-6-13(14)16(19)22-3/h4-10H,1-3H3. The second kappa shape index (κ2) is 6.37. The van der Waals surface area contributed by atoms with Crippen LogP contribution < -0.4 is 4.31 Å². The highest BCUT2D eigenvalue weighted by molar-refractivity contribution is 7.92. The Bertz CT molecular complexity index is 849. The van der Waals surface area contributed by atoms with Gasteiger partial charge in [0.25, 0.3) is 10.0 Å². The van der Waals surface area contributed by atoms with Crippen LogP contribution in [0.25, 0.3) is 0 Å². The zero-order valence-corrected chi connectivity index (χ0v) is 13.7. The monoisotopic (exact) mass is 337 g/mol. The number of ether oxygens (including phenoxy) is 1. The van der Waals surface area contributed by atoms with Crippen molar-refractivity contribution in [2.24, 2.45) is 0 Å². The zero-order valence-electron chi connectivity index (χ0n) is 12.9. The molecule has 7 heteroatoms. The fourth-order valence-electron chi connectivity index (χ4n) is 2.21. The number of anilines is 1. The number of carbonyl (C=O) groups excluding carboxylic acids is 1. The first kappa shape index (κ1) is 17.0. The predicted molar refractivity (Wildman–Crippen MR) is 84.5 cm³/mol. The molecule has 0 N–H and O–H groups in total. The lowest BCUT2D eigenvalue weighted by Crippen LogP contribution is -2.29. The molecular formula is C16H16FNO4S. The lowest BCUT2D eigenvalue weighted by molar-refractivity contribution is 0.0601. The molecular weight excluding hydrogens is 321 g/mol. The van der Waals surface area contributed by atoms with Gasteiger partial charge in [-0.15, -0.1) is 0 Å². The normalized spacial score (nSPS) is 11.1. The Labute approximate surface area is 134 Å². The molecule has 0 radical (unpaired) electrons. The quantitative estimate of drug-likeness (QED) is 0.805. The first-order valence-electron chi connectivity index (χ1n) is 6.71. The molecule has 0 fully saturated rings. The Morgan fingerprint density at radius 3 is 2.43 bits per heavy atom. The summed E-state index contributed by atoms with van der Waals surface area (Å²) < 4.78 is 44.4. The number of benzene rings is 2. The number of methoxy groups -OCH3 is 1. The zero-order chi connectivity index (χ0) is 17.2. The number of nitrogens with zero attached hydrogens (tertiary/aromatic N) is 1. The summed E-state index contributed by atoms with van der Waals surface area (Å²) in [6, 6.07) is 9.64. The van der Waals surface area contributed by atoms with Crippen LogP contribution in [0.2, 0.25) is 0 Å². The van der Waals surface area contributed by atoms with Gasteiger partial charge in [-0.3, -0.25) is 4.31 Å². The number of sulfonamides is 1. The van der Waals surface area contributed by atoms with Crippen LogP contribution in [0.15, 0.2) is 47.4 Å². The number of carbonyl (C=O) groups is 1. The van der Waals surface area contributed by atoms with Gasteiger partial charge in [0.15, 0.2) is 0 Å². The number of halogens is 1. The molecule has 122 valence electrons. The van der Waals surface area contributed by atoms with E-state index in [1.165, 1.54) is 39.3 Å². The number of aryl methyl sites for hydroxylation is 1. The van der Waals surface area contributed by atoms with Gasteiger partial charge in [0.1, 0.15) is 5.82 Å². The van der Waals surface area contributed by atoms with Crippen LogP contribution in [0.5, 0.6) is 0 Å². The minimum Gasteiger partial charge on any atom is -0.465 e. The number of esters is 1. The third-order valence-corrected chi connectivity index (χ3v) is 5.36. The average molecular weight is 337 g/mol. The van der Waals surface area contributed by atoms with E-state index >= 15 is 0 Å². The summed E-state index contributed by atoms with van der Waals surface area (Å²) in [5.74, 6) is -1.16. The van der Waals surface area contributed by atoms with Crippen molar-refractivity contribution >= 4 is 21.7 Å². The van der Waals surface area contributed by atoms with Crippen LogP contribution >= 0.6 is 0 Å². The average Bonchev–Trinajstić information content (AvgIpc) is 2.53. The van der Waals surface area contributed by atoms with E-state index in [-0.39, 0.29) is 21.7 Å². The minimum atomic E-state index is -3.94. The second-order valence-electron chi connectivity index (χ2n) is 4.89. The molecule has 2 rings (SSSR count). The summed E-state index contributed by atoms with van der Waals surface area (Å²) in [5.41, 5.74) is 0.594. The van der Waals surface area contributed by atoms with Crippen molar-refractivity contribution in [3.8, 4) is 0 Å². The highest BCUT2D eigenvalue weighted by Gasteiger charge is 2.26. The third-order valence-electron chi connectivity index (χ3n) is 3.42. The molecule has 0 spiro atoms. The maximum absolute atomic E-state index is 13.2. The largest absolute Gasteiger partial charge is 0.465 e. The number of rotatable bonds is 4. The van der Waals surface area contributed by atoms with E-state index in [2.05, 4.69) is 4.74 Å². The molecule has 0 saturated heterocycles.